The molecule has 5 nitrogen and oxygen atoms in total. The Balaban J connectivity index is 1.90. The van der Waals surface area contributed by atoms with Crippen molar-refractivity contribution in [2.45, 2.75) is 51.3 Å². The highest BCUT2D eigenvalue weighted by atomic mass is 16.6. The van der Waals surface area contributed by atoms with E-state index in [-0.39, 0.29) is 23.6 Å². The number of ether oxygens (including phenoxy) is 2. The summed E-state index contributed by atoms with van der Waals surface area (Å²) < 4.78 is 10.7. The summed E-state index contributed by atoms with van der Waals surface area (Å²) in [7, 11) is 0. The van der Waals surface area contributed by atoms with Crippen molar-refractivity contribution in [3.8, 4) is 0 Å². The third-order valence-corrected chi connectivity index (χ3v) is 3.70. The summed E-state index contributed by atoms with van der Waals surface area (Å²) in [5.74, 6) is 0. The Hall–Kier alpha value is -0.810. The van der Waals surface area contributed by atoms with Crippen molar-refractivity contribution >= 4 is 6.09 Å². The van der Waals surface area contributed by atoms with Crippen LogP contribution in [0.3, 0.4) is 0 Å². The Kier molecular flexibility index (Phi) is 3.08. The van der Waals surface area contributed by atoms with Gasteiger partial charge in [-0.25, -0.2) is 4.79 Å². The minimum Gasteiger partial charge on any atom is -0.444 e. The monoisotopic (exact) mass is 242 g/mol. The van der Waals surface area contributed by atoms with E-state index >= 15 is 0 Å². The topological polar surface area (TPSA) is 73.6 Å². The molecule has 17 heavy (non-hydrogen) atoms. The average molecular weight is 242 g/mol. The minimum absolute atomic E-state index is 0.0586. The fraction of sp³-hybridized carbons (Fsp3) is 0.917. The quantitative estimate of drug-likeness (QED) is 0.720. The van der Waals surface area contributed by atoms with Crippen molar-refractivity contribution in [3.63, 3.8) is 0 Å². The molecule has 3 N–H and O–H groups in total. The van der Waals surface area contributed by atoms with Gasteiger partial charge in [0.15, 0.2) is 0 Å². The number of nitrogens with one attached hydrogen (secondary N) is 1. The molecule has 1 amide bonds. The van der Waals surface area contributed by atoms with Crippen LogP contribution in [0.15, 0.2) is 0 Å². The summed E-state index contributed by atoms with van der Waals surface area (Å²) in [6.07, 6.45) is 1.37. The van der Waals surface area contributed by atoms with E-state index in [0.29, 0.717) is 6.61 Å². The number of alkyl carbamates (subject to hydrolysis) is 1. The normalized spacial score (nSPS) is 36.7. The van der Waals surface area contributed by atoms with E-state index < -0.39 is 5.60 Å². The largest absolute Gasteiger partial charge is 0.444 e. The Morgan fingerprint density at radius 3 is 2.71 bits per heavy atom. The molecule has 1 heterocycles. The molecule has 2 aliphatic rings. The molecule has 0 aromatic carbocycles. The highest BCUT2D eigenvalue weighted by molar-refractivity contribution is 5.68. The van der Waals surface area contributed by atoms with Gasteiger partial charge in [0.1, 0.15) is 5.60 Å². The standard InChI is InChI=1S/C12H22N2O3/c1-11(2,3)17-10(15)14-9-6-8(13)12(9)4-5-16-7-12/h8-9H,4-7,13H2,1-3H3,(H,14,15). The minimum atomic E-state index is -0.463. The molecule has 0 aromatic heterocycles. The number of carbonyl (C=O) groups is 1. The molecule has 1 aliphatic carbocycles. The van der Waals surface area contributed by atoms with Crippen LogP contribution in [0, 0.1) is 5.41 Å². The van der Waals surface area contributed by atoms with E-state index in [1.165, 1.54) is 0 Å². The Morgan fingerprint density at radius 1 is 1.53 bits per heavy atom. The van der Waals surface area contributed by atoms with Gasteiger partial charge in [-0.05, 0) is 33.6 Å². The SMILES string of the molecule is CC(C)(C)OC(=O)NC1CC(N)C12CCOC2. The molecular formula is C12H22N2O3. The van der Waals surface area contributed by atoms with E-state index in [1.807, 2.05) is 20.8 Å². The molecule has 3 unspecified atom stereocenters. The lowest BCUT2D eigenvalue weighted by Crippen LogP contribution is -2.67. The summed E-state index contributed by atoms with van der Waals surface area (Å²) in [5, 5.41) is 2.91. The highest BCUT2D eigenvalue weighted by Gasteiger charge is 2.56. The molecule has 2 fully saturated rings. The van der Waals surface area contributed by atoms with Crippen LogP contribution in [0.1, 0.15) is 33.6 Å². The molecule has 0 radical (unpaired) electrons. The smallest absolute Gasteiger partial charge is 0.407 e. The summed E-state index contributed by atoms with van der Waals surface area (Å²) in [5.41, 5.74) is 5.52. The van der Waals surface area contributed by atoms with E-state index in [1.54, 1.807) is 0 Å². The number of hydrogen-bond acceptors (Lipinski definition) is 4. The highest BCUT2D eigenvalue weighted by Crippen LogP contribution is 2.46. The fourth-order valence-electron chi connectivity index (χ4n) is 2.64. The molecule has 5 heteroatoms. The predicted octanol–water partition coefficient (Wildman–Crippen LogP) is 1.02. The lowest BCUT2D eigenvalue weighted by molar-refractivity contribution is 0.00326. The van der Waals surface area contributed by atoms with Gasteiger partial charge in [-0.1, -0.05) is 0 Å². The second-order valence-corrected chi connectivity index (χ2v) is 6.08. The molecule has 1 saturated carbocycles. The Bertz CT molecular complexity index is 305. The van der Waals surface area contributed by atoms with Crippen LogP contribution in [0.4, 0.5) is 4.79 Å². The molecule has 3 atom stereocenters. The van der Waals surface area contributed by atoms with Gasteiger partial charge in [-0.2, -0.15) is 0 Å². The van der Waals surface area contributed by atoms with Crippen molar-refractivity contribution in [3.05, 3.63) is 0 Å². The molecule has 98 valence electrons. The Labute approximate surface area is 102 Å². The first-order valence-electron chi connectivity index (χ1n) is 6.16. The number of amides is 1. The van der Waals surface area contributed by atoms with Crippen molar-refractivity contribution in [2.75, 3.05) is 13.2 Å². The summed E-state index contributed by atoms with van der Waals surface area (Å²) in [6, 6.07) is 0.222. The average Bonchev–Trinajstić information content (AvgIpc) is 2.65. The van der Waals surface area contributed by atoms with Gasteiger partial charge >= 0.3 is 6.09 Å². The van der Waals surface area contributed by atoms with Crippen molar-refractivity contribution in [2.24, 2.45) is 11.1 Å². The predicted molar refractivity (Wildman–Crippen MR) is 63.6 cm³/mol. The second-order valence-electron chi connectivity index (χ2n) is 6.08. The molecular weight excluding hydrogens is 220 g/mol. The molecule has 1 aliphatic heterocycles. The summed E-state index contributed by atoms with van der Waals surface area (Å²) in [6.45, 7) is 6.95. The molecule has 0 bridgehead atoms. The van der Waals surface area contributed by atoms with E-state index in [4.69, 9.17) is 15.2 Å². The van der Waals surface area contributed by atoms with Gasteiger partial charge in [0.25, 0.3) is 0 Å². The van der Waals surface area contributed by atoms with Gasteiger partial charge in [-0.15, -0.1) is 0 Å². The Morgan fingerprint density at radius 2 is 2.24 bits per heavy atom. The van der Waals surface area contributed by atoms with Crippen molar-refractivity contribution < 1.29 is 14.3 Å². The molecule has 0 aromatic rings. The van der Waals surface area contributed by atoms with Gasteiger partial charge < -0.3 is 20.5 Å². The first kappa shape index (κ1) is 12.6. The number of rotatable bonds is 1. The van der Waals surface area contributed by atoms with Gasteiger partial charge in [-0.3, -0.25) is 0 Å². The van der Waals surface area contributed by atoms with Crippen LogP contribution >= 0.6 is 0 Å². The maximum absolute atomic E-state index is 11.7. The van der Waals surface area contributed by atoms with Gasteiger partial charge in [0.2, 0.25) is 0 Å². The van der Waals surface area contributed by atoms with Gasteiger partial charge in [0, 0.05) is 24.1 Å². The maximum atomic E-state index is 11.7. The lowest BCUT2D eigenvalue weighted by atomic mass is 9.60. The van der Waals surface area contributed by atoms with Crippen LogP contribution in [0.2, 0.25) is 0 Å². The van der Waals surface area contributed by atoms with Crippen LogP contribution in [-0.4, -0.2) is 37.0 Å². The zero-order valence-electron chi connectivity index (χ0n) is 10.8. The van der Waals surface area contributed by atoms with E-state index in [9.17, 15) is 4.79 Å². The summed E-state index contributed by atoms with van der Waals surface area (Å²) in [4.78, 5) is 11.7. The van der Waals surface area contributed by atoms with Crippen molar-refractivity contribution in [1.29, 1.82) is 0 Å². The van der Waals surface area contributed by atoms with Crippen LogP contribution < -0.4 is 11.1 Å². The van der Waals surface area contributed by atoms with Gasteiger partial charge in [0.05, 0.1) is 6.61 Å². The van der Waals surface area contributed by atoms with E-state index in [2.05, 4.69) is 5.32 Å². The zero-order chi connectivity index (χ0) is 12.7. The molecule has 1 saturated heterocycles. The lowest BCUT2D eigenvalue weighted by Gasteiger charge is -2.51. The number of nitrogens with two attached hydrogens (primary N) is 1. The van der Waals surface area contributed by atoms with Crippen LogP contribution in [0.25, 0.3) is 0 Å². The summed E-state index contributed by atoms with van der Waals surface area (Å²) >= 11 is 0. The first-order valence-corrected chi connectivity index (χ1v) is 6.16. The molecule has 1 spiro atoms. The van der Waals surface area contributed by atoms with E-state index in [0.717, 1.165) is 19.4 Å². The third kappa shape index (κ3) is 2.40. The third-order valence-electron chi connectivity index (χ3n) is 3.70. The van der Waals surface area contributed by atoms with Crippen LogP contribution in [0.5, 0.6) is 0 Å². The van der Waals surface area contributed by atoms with Crippen LogP contribution in [-0.2, 0) is 9.47 Å². The van der Waals surface area contributed by atoms with Crippen molar-refractivity contribution in [1.82, 2.24) is 5.32 Å². The zero-order valence-corrected chi connectivity index (χ0v) is 10.8. The fourth-order valence-corrected chi connectivity index (χ4v) is 2.64. The molecule has 2 rings (SSSR count). The first-order chi connectivity index (χ1) is 7.83. The maximum Gasteiger partial charge on any atom is 0.407 e. The number of hydrogen-bond donors (Lipinski definition) is 2. The second kappa shape index (κ2) is 4.14. The number of carbonyl (C=O) groups excluding carboxylic acids is 1.